The van der Waals surface area contributed by atoms with Crippen LogP contribution in [0.3, 0.4) is 0 Å². The first-order valence-corrected chi connectivity index (χ1v) is 17.5. The number of para-hydroxylation sites is 2. The summed E-state index contributed by atoms with van der Waals surface area (Å²) in [5.41, 5.74) is 3.46. The number of nitrogens with one attached hydrogen (secondary N) is 5. The fourth-order valence-corrected chi connectivity index (χ4v) is 6.48. The number of unbranched alkanes of at least 4 members (excludes halogenated alkanes) is 2. The number of H-pyrrole nitrogens is 2. The number of aromatic amines is 2. The van der Waals surface area contributed by atoms with Crippen molar-refractivity contribution >= 4 is 45.3 Å². The number of fused-ring (bicyclic) bond motifs is 2. The monoisotopic (exact) mass is 675 g/mol. The van der Waals surface area contributed by atoms with Gasteiger partial charge in [0.2, 0.25) is 17.7 Å². The molecule has 0 aliphatic carbocycles. The van der Waals surface area contributed by atoms with Crippen LogP contribution in [0.2, 0.25) is 0 Å². The van der Waals surface area contributed by atoms with E-state index in [1.807, 2.05) is 91.3 Å². The van der Waals surface area contributed by atoms with Crippen LogP contribution in [0.4, 0.5) is 0 Å². The van der Waals surface area contributed by atoms with E-state index in [2.05, 4.69) is 32.8 Å². The molecule has 5 N–H and O–H groups in total. The molecule has 2 aromatic heterocycles. The van der Waals surface area contributed by atoms with E-state index in [9.17, 15) is 19.2 Å². The molecule has 0 spiro atoms. The summed E-state index contributed by atoms with van der Waals surface area (Å²) in [6.07, 6.45) is 7.24. The highest BCUT2D eigenvalue weighted by atomic mass is 16.6. The quantitative estimate of drug-likeness (QED) is 0.0690. The van der Waals surface area contributed by atoms with Crippen LogP contribution in [0.5, 0.6) is 0 Å². The van der Waals surface area contributed by atoms with Crippen LogP contribution >= 0.6 is 0 Å². The lowest BCUT2D eigenvalue weighted by atomic mass is 9.94. The van der Waals surface area contributed by atoms with Gasteiger partial charge in [0.15, 0.2) is 5.78 Å². The Kier molecular flexibility index (Phi) is 10.8. The standard InChI is InChI=1S/C40H45N5O5/c1-3-4-6-19-36(46)43-34(21-27-23-41-31-17-11-9-15-29(27)31)38(48)45-35(22-28-24-42-32-18-12-10-16-30(28)32)39(49)44-33(37(47)40(2)25-50-40)20-26-13-7-5-8-14-26/h5,7-18,23-24,33-35,41-42H,3-4,6,19-22,25H2,1-2H3,(H,43,46)(H,44,49)(H,45,48). The summed E-state index contributed by atoms with van der Waals surface area (Å²) in [6.45, 7) is 4.08. The molecular weight excluding hydrogens is 630 g/mol. The third-order valence-electron chi connectivity index (χ3n) is 9.50. The molecule has 1 saturated heterocycles. The summed E-state index contributed by atoms with van der Waals surface area (Å²) in [6, 6.07) is 22.2. The lowest BCUT2D eigenvalue weighted by molar-refractivity contribution is -0.134. The number of benzene rings is 3. The van der Waals surface area contributed by atoms with Gasteiger partial charge in [-0.15, -0.1) is 0 Å². The number of ether oxygens (including phenoxy) is 1. The Balaban J connectivity index is 1.28. The topological polar surface area (TPSA) is 148 Å². The molecule has 4 atom stereocenters. The number of hydrogen-bond donors (Lipinski definition) is 5. The second kappa shape index (κ2) is 15.6. The van der Waals surface area contributed by atoms with E-state index in [-0.39, 0.29) is 37.6 Å². The normalized spacial score (nSPS) is 17.2. The van der Waals surface area contributed by atoms with Crippen molar-refractivity contribution in [2.24, 2.45) is 0 Å². The van der Waals surface area contributed by atoms with Gasteiger partial charge in [-0.1, -0.05) is 86.5 Å². The number of rotatable bonds is 17. The van der Waals surface area contributed by atoms with Crippen molar-refractivity contribution in [3.05, 3.63) is 108 Å². The molecule has 3 aromatic carbocycles. The van der Waals surface area contributed by atoms with Crippen LogP contribution in [0.1, 0.15) is 56.2 Å². The van der Waals surface area contributed by atoms with Gasteiger partial charge in [0, 0.05) is 53.5 Å². The number of carbonyl (C=O) groups excluding carboxylic acids is 4. The number of aromatic nitrogens is 2. The zero-order chi connectivity index (χ0) is 35.1. The van der Waals surface area contributed by atoms with E-state index in [0.29, 0.717) is 6.42 Å². The number of hydrogen-bond acceptors (Lipinski definition) is 5. The molecule has 50 heavy (non-hydrogen) atoms. The zero-order valence-corrected chi connectivity index (χ0v) is 28.6. The van der Waals surface area contributed by atoms with Crippen LogP contribution in [0.25, 0.3) is 21.8 Å². The molecule has 1 fully saturated rings. The summed E-state index contributed by atoms with van der Waals surface area (Å²) < 4.78 is 5.48. The van der Waals surface area contributed by atoms with Gasteiger partial charge in [-0.05, 0) is 48.6 Å². The second-order valence-electron chi connectivity index (χ2n) is 13.4. The number of ketones is 1. The second-order valence-corrected chi connectivity index (χ2v) is 13.4. The predicted octanol–water partition coefficient (Wildman–Crippen LogP) is 5.07. The van der Waals surface area contributed by atoms with E-state index >= 15 is 0 Å². The van der Waals surface area contributed by atoms with Crippen molar-refractivity contribution in [1.29, 1.82) is 0 Å². The summed E-state index contributed by atoms with van der Waals surface area (Å²) in [7, 11) is 0. The molecule has 10 heteroatoms. The van der Waals surface area contributed by atoms with Crippen molar-refractivity contribution in [2.45, 2.75) is 82.5 Å². The Morgan fingerprint density at radius 3 is 1.78 bits per heavy atom. The molecule has 4 unspecified atom stereocenters. The van der Waals surface area contributed by atoms with Crippen LogP contribution in [-0.4, -0.2) is 63.8 Å². The summed E-state index contributed by atoms with van der Waals surface area (Å²) >= 11 is 0. The maximum Gasteiger partial charge on any atom is 0.243 e. The smallest absolute Gasteiger partial charge is 0.243 e. The minimum Gasteiger partial charge on any atom is -0.361 e. The number of amides is 3. The van der Waals surface area contributed by atoms with Crippen molar-refractivity contribution < 1.29 is 23.9 Å². The maximum absolute atomic E-state index is 14.3. The van der Waals surface area contributed by atoms with Crippen molar-refractivity contribution in [2.75, 3.05) is 6.61 Å². The molecule has 6 rings (SSSR count). The van der Waals surface area contributed by atoms with Crippen molar-refractivity contribution in [1.82, 2.24) is 25.9 Å². The SMILES string of the molecule is CCCCCC(=O)NC(Cc1c[nH]c2ccccc12)C(=O)NC(Cc1c[nH]c2ccccc12)C(=O)NC(Cc1ccccc1)C(=O)C1(C)CO1. The van der Waals surface area contributed by atoms with Crippen LogP contribution < -0.4 is 16.0 Å². The van der Waals surface area contributed by atoms with E-state index in [1.165, 1.54) is 0 Å². The molecule has 10 nitrogen and oxygen atoms in total. The average Bonchev–Trinajstić information content (AvgIpc) is 3.55. The van der Waals surface area contributed by atoms with Crippen LogP contribution in [0, 0.1) is 0 Å². The highest BCUT2D eigenvalue weighted by Gasteiger charge is 2.50. The van der Waals surface area contributed by atoms with Gasteiger partial charge in [0.25, 0.3) is 0 Å². The molecule has 0 saturated carbocycles. The molecule has 0 bridgehead atoms. The van der Waals surface area contributed by atoms with Gasteiger partial charge in [0.05, 0.1) is 12.6 Å². The minimum absolute atomic E-state index is 0.159. The van der Waals surface area contributed by atoms with Gasteiger partial charge < -0.3 is 30.7 Å². The van der Waals surface area contributed by atoms with Gasteiger partial charge in [-0.25, -0.2) is 0 Å². The molecule has 3 heterocycles. The van der Waals surface area contributed by atoms with Crippen LogP contribution in [0.15, 0.2) is 91.3 Å². The zero-order valence-electron chi connectivity index (χ0n) is 28.6. The Bertz CT molecular complexity index is 1960. The van der Waals surface area contributed by atoms with Gasteiger partial charge in [0.1, 0.15) is 17.7 Å². The van der Waals surface area contributed by atoms with Gasteiger partial charge >= 0.3 is 0 Å². The molecule has 5 aromatic rings. The Hall–Kier alpha value is -5.22. The van der Waals surface area contributed by atoms with Crippen molar-refractivity contribution in [3.8, 4) is 0 Å². The maximum atomic E-state index is 14.3. The largest absolute Gasteiger partial charge is 0.361 e. The molecule has 3 amide bonds. The van der Waals surface area contributed by atoms with E-state index in [0.717, 1.165) is 57.8 Å². The minimum atomic E-state index is -1.05. The molecule has 1 aliphatic rings. The van der Waals surface area contributed by atoms with Gasteiger partial charge in [-0.3, -0.25) is 19.2 Å². The number of carbonyl (C=O) groups is 4. The lowest BCUT2D eigenvalue weighted by Gasteiger charge is -2.26. The first-order chi connectivity index (χ1) is 24.2. The summed E-state index contributed by atoms with van der Waals surface area (Å²) in [4.78, 5) is 61.8. The van der Waals surface area contributed by atoms with Gasteiger partial charge in [-0.2, -0.15) is 0 Å². The fourth-order valence-electron chi connectivity index (χ4n) is 6.48. The average molecular weight is 676 g/mol. The Morgan fingerprint density at radius 2 is 1.22 bits per heavy atom. The Morgan fingerprint density at radius 1 is 0.700 bits per heavy atom. The molecule has 0 radical (unpaired) electrons. The first kappa shape index (κ1) is 34.6. The van der Waals surface area contributed by atoms with E-state index < -0.39 is 35.5 Å². The Labute approximate surface area is 291 Å². The van der Waals surface area contributed by atoms with E-state index in [1.54, 1.807) is 6.92 Å². The predicted molar refractivity (Wildman–Crippen MR) is 193 cm³/mol. The highest BCUT2D eigenvalue weighted by molar-refractivity contribution is 5.99. The first-order valence-electron chi connectivity index (χ1n) is 17.5. The molecule has 260 valence electrons. The summed E-state index contributed by atoms with van der Waals surface area (Å²) in [5, 5.41) is 10.8. The third kappa shape index (κ3) is 8.31. The molecule has 1 aliphatic heterocycles. The highest BCUT2D eigenvalue weighted by Crippen LogP contribution is 2.29. The van der Waals surface area contributed by atoms with E-state index in [4.69, 9.17) is 4.74 Å². The van der Waals surface area contributed by atoms with Crippen LogP contribution in [-0.2, 0) is 43.2 Å². The fraction of sp³-hybridized carbons (Fsp3) is 0.350. The third-order valence-corrected chi connectivity index (χ3v) is 9.50. The summed E-state index contributed by atoms with van der Waals surface area (Å²) in [5.74, 6) is -1.42. The lowest BCUT2D eigenvalue weighted by Crippen LogP contribution is -2.58. The molecular formula is C40H45N5O5. The van der Waals surface area contributed by atoms with Crippen molar-refractivity contribution in [3.63, 3.8) is 0 Å². The number of epoxide rings is 1. The number of Topliss-reactive ketones (excluding diaryl/α,β-unsaturated/α-hetero) is 1.